The van der Waals surface area contributed by atoms with Crippen molar-refractivity contribution in [1.82, 2.24) is 43.6 Å². The van der Waals surface area contributed by atoms with Gasteiger partial charge in [0, 0.05) is 136 Å². The van der Waals surface area contributed by atoms with E-state index in [0.29, 0.717) is 77.4 Å². The molecule has 6 aromatic carbocycles. The molecule has 12 bridgehead atoms. The second-order valence-corrected chi connectivity index (χ2v) is 29.0. The van der Waals surface area contributed by atoms with Crippen LogP contribution in [0.1, 0.15) is 182 Å². The highest BCUT2D eigenvalue weighted by Gasteiger charge is 2.30. The maximum Gasteiger partial charge on any atom is 0.146 e. The smallest absolute Gasteiger partial charge is 0.146 e. The number of hydrogen-bond acceptors (Lipinski definition) is 14. The van der Waals surface area contributed by atoms with Crippen LogP contribution in [0.5, 0.6) is 34.5 Å². The Morgan fingerprint density at radius 3 is 1.00 bits per heavy atom. The number of fused-ring (bicyclic) bond motifs is 12. The van der Waals surface area contributed by atoms with E-state index in [1.165, 1.54) is 0 Å². The molecule has 0 saturated heterocycles. The van der Waals surface area contributed by atoms with Crippen LogP contribution in [0.15, 0.2) is 126 Å². The molecule has 1 N–H and O–H groups in total. The second-order valence-electron chi connectivity index (χ2n) is 29.0. The summed E-state index contributed by atoms with van der Waals surface area (Å²) in [5, 5.41) is 27.8. The lowest BCUT2D eigenvalue weighted by Gasteiger charge is -2.27. The Balaban J connectivity index is 1.26. The third kappa shape index (κ3) is 15.8. The first kappa shape index (κ1) is 70.8. The zero-order chi connectivity index (χ0) is 71.2. The summed E-state index contributed by atoms with van der Waals surface area (Å²) < 4.78 is 49.5. The average Bonchev–Trinajstić information content (AvgIpc) is 0.937. The number of hydrogen-bond donors (Lipinski definition) is 1. The monoisotopic (exact) mass is 1350 g/mol. The minimum atomic E-state index is -0.372. The van der Waals surface area contributed by atoms with Crippen LogP contribution in [-0.2, 0) is 102 Å². The summed E-state index contributed by atoms with van der Waals surface area (Å²) in [5.41, 5.74) is 35.0. The number of nitrogens with zero attached hydrogens (tertiary/aromatic N) is 15. The molecule has 0 fully saturated rings. The number of azide groups is 2. The molecule has 1 aliphatic carbocycles. The van der Waals surface area contributed by atoms with Gasteiger partial charge < -0.3 is 47.2 Å². The normalized spacial score (nSPS) is 12.6. The molecule has 520 valence electrons. The van der Waals surface area contributed by atoms with Crippen molar-refractivity contribution < 1.29 is 33.5 Å². The molecule has 0 atom stereocenters. The minimum absolute atomic E-state index is 0.0652. The van der Waals surface area contributed by atoms with E-state index in [2.05, 4.69) is 136 Å². The Hall–Kier alpha value is -10.5. The van der Waals surface area contributed by atoms with Crippen LogP contribution in [0.2, 0.25) is 0 Å². The van der Waals surface area contributed by atoms with E-state index in [0.717, 1.165) is 113 Å². The molecule has 4 heterocycles. The van der Waals surface area contributed by atoms with Gasteiger partial charge in [0.05, 0.1) is 38.9 Å². The Labute approximate surface area is 585 Å². The average molecular weight is 1350 g/mol. The summed E-state index contributed by atoms with van der Waals surface area (Å²) >= 11 is 0. The number of aromatic nitrogens is 9. The van der Waals surface area contributed by atoms with Crippen LogP contribution < -0.4 is 28.4 Å². The van der Waals surface area contributed by atoms with Gasteiger partial charge in [-0.25, -0.2) is 19.6 Å². The molecule has 1 aliphatic rings. The second kappa shape index (κ2) is 29.9. The predicted molar refractivity (Wildman–Crippen MR) is 386 cm³/mol. The van der Waals surface area contributed by atoms with E-state index in [9.17, 15) is 16.2 Å². The lowest BCUT2D eigenvalue weighted by atomic mass is 9.81. The molecule has 22 nitrogen and oxygen atoms in total. The molecular formula is C78H91N15O7. The third-order valence-corrected chi connectivity index (χ3v) is 18.7. The maximum atomic E-state index is 10.3. The summed E-state index contributed by atoms with van der Waals surface area (Å²) in [6.45, 7) is 20.3. The van der Waals surface area contributed by atoms with Gasteiger partial charge in [-0.3, -0.25) is 0 Å². The van der Waals surface area contributed by atoms with Crippen LogP contribution in [0, 0.1) is 0 Å². The van der Waals surface area contributed by atoms with Crippen molar-refractivity contribution in [3.8, 4) is 40.2 Å². The Morgan fingerprint density at radius 1 is 0.440 bits per heavy atom. The number of unbranched alkanes of at least 4 members (excludes halogenated alkanes) is 1. The number of benzene rings is 6. The molecule has 100 heavy (non-hydrogen) atoms. The fraction of sp³-hybridized carbons (Fsp3) is 0.397. The van der Waals surface area contributed by atoms with Gasteiger partial charge in [0.1, 0.15) is 71.8 Å². The fourth-order valence-corrected chi connectivity index (χ4v) is 13.3. The molecule has 0 saturated carbocycles. The van der Waals surface area contributed by atoms with Crippen LogP contribution in [0.25, 0.3) is 26.6 Å². The van der Waals surface area contributed by atoms with Crippen LogP contribution in [-0.4, -0.2) is 76.7 Å². The Kier molecular flexibility index (Phi) is 21.2. The highest BCUT2D eigenvalue weighted by atomic mass is 16.5. The topological polar surface area (TPSA) is 257 Å². The molecule has 0 amide bonds. The molecular weight excluding hydrogens is 1260 g/mol. The quantitative estimate of drug-likeness (QED) is 0.0343. The van der Waals surface area contributed by atoms with Gasteiger partial charge in [-0.15, -0.1) is 5.10 Å². The predicted octanol–water partition coefficient (Wildman–Crippen LogP) is 16.2. The first-order valence-electron chi connectivity index (χ1n) is 33.8. The van der Waals surface area contributed by atoms with E-state index in [-0.39, 0.29) is 68.4 Å². The number of aliphatic hydroxyl groups is 1. The van der Waals surface area contributed by atoms with Crippen molar-refractivity contribution in [2.75, 3.05) is 27.9 Å². The van der Waals surface area contributed by atoms with Gasteiger partial charge in [-0.1, -0.05) is 114 Å². The SMILES string of the molecule is COc1c2cc(N=[N+]=[N-])cc1Cc1cc(C(C)(C)C)cc(c1OCc1nccn1C)Cc1cc(-n3nncc3CCCCO)cc(c1OC)Cc1cc(C(C)(C)C)cc(c1OCc1nccn1C)Cc1cc(N=[N+]=[N-])cc(c1OC)Cc1cc(C(C)(C)C)cc(c1OCc1nccn1C)C2. The molecule has 0 aliphatic heterocycles. The standard InChI is InChI=1S/C78H91N15O7/c1-76(2,3)60-32-48-26-54-38-63(85-87-79)40-56(70(54)95-13)28-50-34-61(77(4,5)6)36-52(74(50)99-46-68-82-20-23-91(68)11)30-58-42-66(93-65(44-84-89-93)18-16-17-25-94)43-59(72(58)97-15)31-53-37-62(78(7,8)9)35-51(75(53)100-47-69-83-21-24-92(69)12)29-57-41-64(86-88-80)39-55(71(57)96-14)27-49(33-60)73(48)98-45-67-81-19-22-90(67)10/h19-24,32-44,94H,16-18,25-31,45-47H2,1-15H3. The van der Waals surface area contributed by atoms with Gasteiger partial charge in [0.2, 0.25) is 0 Å². The maximum absolute atomic E-state index is 10.3. The van der Waals surface area contributed by atoms with Crippen LogP contribution >= 0.6 is 0 Å². The zero-order valence-corrected chi connectivity index (χ0v) is 60.3. The lowest BCUT2D eigenvalue weighted by Crippen LogP contribution is -2.16. The number of rotatable bonds is 19. The number of aliphatic hydroxyl groups excluding tert-OH is 1. The van der Waals surface area contributed by atoms with E-state index in [1.54, 1.807) is 46.1 Å². The van der Waals surface area contributed by atoms with Crippen LogP contribution in [0.3, 0.4) is 0 Å². The molecule has 4 aromatic heterocycles. The summed E-state index contributed by atoms with van der Waals surface area (Å²) in [6.07, 6.45) is 16.5. The van der Waals surface area contributed by atoms with Gasteiger partial charge in [-0.05, 0) is 155 Å². The molecule has 22 heteroatoms. The van der Waals surface area contributed by atoms with Gasteiger partial charge in [-0.2, -0.15) is 0 Å². The van der Waals surface area contributed by atoms with Crippen molar-refractivity contribution in [3.63, 3.8) is 0 Å². The van der Waals surface area contributed by atoms with E-state index < -0.39 is 0 Å². The van der Waals surface area contributed by atoms with Crippen molar-refractivity contribution in [2.45, 2.75) is 156 Å². The molecule has 11 rings (SSSR count). The summed E-state index contributed by atoms with van der Waals surface area (Å²) in [6, 6.07) is 25.2. The summed E-state index contributed by atoms with van der Waals surface area (Å²) in [4.78, 5) is 20.9. The van der Waals surface area contributed by atoms with Gasteiger partial charge in [0.15, 0.2) is 0 Å². The Bertz CT molecular complexity index is 4500. The Morgan fingerprint density at radius 2 is 0.740 bits per heavy atom. The lowest BCUT2D eigenvalue weighted by molar-refractivity contribution is 0.284. The largest absolute Gasteiger partial charge is 0.496 e. The minimum Gasteiger partial charge on any atom is -0.496 e. The van der Waals surface area contributed by atoms with E-state index >= 15 is 0 Å². The van der Waals surface area contributed by atoms with Crippen molar-refractivity contribution >= 4 is 11.4 Å². The molecule has 0 unspecified atom stereocenters. The molecule has 0 radical (unpaired) electrons. The highest BCUT2D eigenvalue weighted by molar-refractivity contribution is 5.64. The first-order valence-corrected chi connectivity index (χ1v) is 33.8. The third-order valence-electron chi connectivity index (χ3n) is 18.7. The first-order chi connectivity index (χ1) is 47.9. The van der Waals surface area contributed by atoms with Crippen LogP contribution in [0.4, 0.5) is 11.4 Å². The number of aryl methyl sites for hydroxylation is 4. The fourth-order valence-electron chi connectivity index (χ4n) is 13.3. The van der Waals surface area contributed by atoms with E-state index in [1.807, 2.05) is 82.4 Å². The number of imidazole rings is 3. The number of methoxy groups -OCH3 is 3. The summed E-state index contributed by atoms with van der Waals surface area (Å²) in [7, 11) is 10.9. The summed E-state index contributed by atoms with van der Waals surface area (Å²) in [5.74, 6) is 5.90. The molecule has 0 spiro atoms. The van der Waals surface area contributed by atoms with Crippen molar-refractivity contribution in [2.24, 2.45) is 31.4 Å². The highest BCUT2D eigenvalue weighted by Crippen LogP contribution is 2.46. The molecule has 10 aromatic rings. The van der Waals surface area contributed by atoms with Crippen molar-refractivity contribution in [3.05, 3.63) is 244 Å². The van der Waals surface area contributed by atoms with E-state index in [4.69, 9.17) is 48.6 Å². The van der Waals surface area contributed by atoms with Gasteiger partial charge in [0.25, 0.3) is 0 Å². The van der Waals surface area contributed by atoms with Crippen molar-refractivity contribution in [1.29, 1.82) is 0 Å². The van der Waals surface area contributed by atoms with Gasteiger partial charge >= 0.3 is 0 Å². The number of ether oxygens (including phenoxy) is 6. The zero-order valence-electron chi connectivity index (χ0n) is 60.3.